The summed E-state index contributed by atoms with van der Waals surface area (Å²) in [7, 11) is -0.0243. The number of pyridine rings is 1. The van der Waals surface area contributed by atoms with E-state index in [9.17, 15) is 9.00 Å². The Morgan fingerprint density at radius 1 is 1.09 bits per heavy atom. The van der Waals surface area contributed by atoms with E-state index in [1.807, 2.05) is 45.0 Å². The summed E-state index contributed by atoms with van der Waals surface area (Å²) in [5.74, 6) is 1.19. The van der Waals surface area contributed by atoms with Crippen molar-refractivity contribution in [3.05, 3.63) is 47.3 Å². The van der Waals surface area contributed by atoms with Gasteiger partial charge in [0, 0.05) is 11.6 Å². The highest BCUT2D eigenvalue weighted by molar-refractivity contribution is 7.86. The summed E-state index contributed by atoms with van der Waals surface area (Å²) in [4.78, 5) is 22.9. The molecule has 1 fully saturated rings. The first-order valence-electron chi connectivity index (χ1n) is 10.9. The van der Waals surface area contributed by atoms with E-state index in [-0.39, 0.29) is 11.8 Å². The molecule has 2 heterocycles. The Labute approximate surface area is 200 Å². The number of anilines is 2. The van der Waals surface area contributed by atoms with E-state index in [2.05, 4.69) is 20.0 Å². The molecule has 1 atom stereocenters. The molecule has 33 heavy (non-hydrogen) atoms. The lowest BCUT2D eigenvalue weighted by molar-refractivity contribution is -0.119. The fourth-order valence-electron chi connectivity index (χ4n) is 3.91. The molecule has 2 N–H and O–H groups in total. The number of hydrogen-bond acceptors (Lipinski definition) is 6. The predicted molar refractivity (Wildman–Crippen MR) is 133 cm³/mol. The summed E-state index contributed by atoms with van der Waals surface area (Å²) in [6.45, 7) is 5.81. The molecule has 1 aliphatic rings. The van der Waals surface area contributed by atoms with Gasteiger partial charge in [-0.3, -0.25) is 9.52 Å². The average Bonchev–Trinajstić information content (AvgIpc) is 3.46. The zero-order chi connectivity index (χ0) is 23.5. The summed E-state index contributed by atoms with van der Waals surface area (Å²) >= 11 is 1.43. The van der Waals surface area contributed by atoms with Crippen molar-refractivity contribution < 1.29 is 13.7 Å². The molecule has 1 aromatic carbocycles. The monoisotopic (exact) mass is 484 g/mol. The zero-order valence-corrected chi connectivity index (χ0v) is 20.9. The van der Waals surface area contributed by atoms with Gasteiger partial charge in [0.05, 0.1) is 17.7 Å². The lowest BCUT2D eigenvalue weighted by atomic mass is 10.1. The maximum absolute atomic E-state index is 13.2. The van der Waals surface area contributed by atoms with E-state index in [1.165, 1.54) is 11.3 Å². The number of ether oxygens (including phenoxy) is 1. The van der Waals surface area contributed by atoms with Crippen LogP contribution in [0.2, 0.25) is 0 Å². The molecule has 0 bridgehead atoms. The van der Waals surface area contributed by atoms with Gasteiger partial charge in [0.1, 0.15) is 16.5 Å². The fourth-order valence-corrected chi connectivity index (χ4v) is 5.86. The van der Waals surface area contributed by atoms with Crippen molar-refractivity contribution in [1.29, 1.82) is 0 Å². The first-order valence-corrected chi connectivity index (χ1v) is 12.9. The van der Waals surface area contributed by atoms with Gasteiger partial charge < -0.3 is 10.1 Å². The van der Waals surface area contributed by atoms with Crippen LogP contribution in [0.3, 0.4) is 0 Å². The summed E-state index contributed by atoms with van der Waals surface area (Å²) in [6, 6.07) is 9.30. The van der Waals surface area contributed by atoms with Gasteiger partial charge in [0.2, 0.25) is 5.91 Å². The Morgan fingerprint density at radius 3 is 2.55 bits per heavy atom. The minimum absolute atomic E-state index is 0.0504. The SMILES string of the molecule is COc1ccc(-c2sc(NC(=O)C3CCCC3)nc2C)cc1S(=O)Nc1ccc(C)c(C)n1. The van der Waals surface area contributed by atoms with E-state index in [1.54, 1.807) is 13.2 Å². The number of amides is 1. The van der Waals surface area contributed by atoms with E-state index in [4.69, 9.17) is 4.74 Å². The van der Waals surface area contributed by atoms with Crippen LogP contribution >= 0.6 is 11.3 Å². The van der Waals surface area contributed by atoms with Gasteiger partial charge >= 0.3 is 0 Å². The molecule has 0 spiro atoms. The van der Waals surface area contributed by atoms with Crippen molar-refractivity contribution in [3.63, 3.8) is 0 Å². The lowest BCUT2D eigenvalue weighted by Gasteiger charge is -2.12. The van der Waals surface area contributed by atoms with Crippen molar-refractivity contribution in [2.24, 2.45) is 5.92 Å². The minimum atomic E-state index is -1.58. The third kappa shape index (κ3) is 5.25. The second-order valence-electron chi connectivity index (χ2n) is 8.24. The third-order valence-corrected chi connectivity index (χ3v) is 8.16. The van der Waals surface area contributed by atoms with Gasteiger partial charge in [-0.2, -0.15) is 0 Å². The Hall–Kier alpha value is -2.78. The van der Waals surface area contributed by atoms with Gasteiger partial charge in [0.15, 0.2) is 16.1 Å². The maximum Gasteiger partial charge on any atom is 0.229 e. The number of nitrogens with one attached hydrogen (secondary N) is 2. The topological polar surface area (TPSA) is 93.2 Å². The van der Waals surface area contributed by atoms with Crippen LogP contribution in [0.1, 0.15) is 42.6 Å². The lowest BCUT2D eigenvalue weighted by Crippen LogP contribution is -2.20. The van der Waals surface area contributed by atoms with Crippen LogP contribution in [-0.2, 0) is 15.8 Å². The van der Waals surface area contributed by atoms with Crippen LogP contribution in [0.4, 0.5) is 10.9 Å². The molecule has 9 heteroatoms. The number of aryl methyl sites for hydroxylation is 3. The minimum Gasteiger partial charge on any atom is -0.495 e. The molecular formula is C24H28N4O3S2. The van der Waals surface area contributed by atoms with E-state index in [0.717, 1.165) is 53.1 Å². The summed E-state index contributed by atoms with van der Waals surface area (Å²) in [5, 5.41) is 3.57. The third-order valence-electron chi connectivity index (χ3n) is 5.93. The Morgan fingerprint density at radius 2 is 1.85 bits per heavy atom. The number of benzene rings is 1. The number of methoxy groups -OCH3 is 1. The molecule has 1 aliphatic carbocycles. The molecule has 7 nitrogen and oxygen atoms in total. The Kier molecular flexibility index (Phi) is 7.09. The van der Waals surface area contributed by atoms with Crippen molar-refractivity contribution in [2.45, 2.75) is 51.3 Å². The smallest absolute Gasteiger partial charge is 0.229 e. The van der Waals surface area contributed by atoms with Crippen molar-refractivity contribution in [1.82, 2.24) is 9.97 Å². The average molecular weight is 485 g/mol. The fraction of sp³-hybridized carbons (Fsp3) is 0.375. The van der Waals surface area contributed by atoms with Crippen LogP contribution in [-0.4, -0.2) is 27.2 Å². The quantitative estimate of drug-likeness (QED) is 0.468. The van der Waals surface area contributed by atoms with Crippen LogP contribution in [0.5, 0.6) is 5.75 Å². The highest BCUT2D eigenvalue weighted by atomic mass is 32.2. The molecule has 4 rings (SSSR count). The molecule has 2 aromatic heterocycles. The van der Waals surface area contributed by atoms with E-state index in [0.29, 0.717) is 21.6 Å². The standard InChI is InChI=1S/C24H28N4O3S2/c1-14-9-12-21(25-15(14)2)28-33(30)20-13-18(10-11-19(20)31-4)22-16(3)26-24(32-22)27-23(29)17-7-5-6-8-17/h9-13,17H,5-8H2,1-4H3,(H,25,28)(H,26,27,29). The number of aromatic nitrogens is 2. The van der Waals surface area contributed by atoms with Gasteiger partial charge in [0.25, 0.3) is 0 Å². The second-order valence-corrected chi connectivity index (χ2v) is 10.4. The summed E-state index contributed by atoms with van der Waals surface area (Å²) in [6.07, 6.45) is 4.10. The highest BCUT2D eigenvalue weighted by Crippen LogP contribution is 2.37. The van der Waals surface area contributed by atoms with Crippen molar-refractivity contribution in [3.8, 4) is 16.2 Å². The van der Waals surface area contributed by atoms with Crippen LogP contribution in [0, 0.1) is 26.7 Å². The Bertz CT molecular complexity index is 1200. The molecule has 1 saturated carbocycles. The first kappa shape index (κ1) is 23.4. The van der Waals surface area contributed by atoms with E-state index < -0.39 is 11.0 Å². The molecular weight excluding hydrogens is 456 g/mol. The van der Waals surface area contributed by atoms with Crippen molar-refractivity contribution >= 4 is 39.2 Å². The summed E-state index contributed by atoms with van der Waals surface area (Å²) in [5.41, 5.74) is 3.63. The number of nitrogens with zero attached hydrogens (tertiary/aromatic N) is 2. The largest absolute Gasteiger partial charge is 0.495 e. The Balaban J connectivity index is 1.58. The number of carbonyl (C=O) groups excluding carboxylic acids is 1. The van der Waals surface area contributed by atoms with Crippen molar-refractivity contribution in [2.75, 3.05) is 17.1 Å². The molecule has 174 valence electrons. The predicted octanol–water partition coefficient (Wildman–Crippen LogP) is 5.40. The highest BCUT2D eigenvalue weighted by Gasteiger charge is 2.24. The van der Waals surface area contributed by atoms with Gasteiger partial charge in [-0.25, -0.2) is 14.2 Å². The zero-order valence-electron chi connectivity index (χ0n) is 19.2. The normalized spacial score (nSPS) is 14.8. The molecule has 0 aliphatic heterocycles. The number of thiazole rings is 1. The molecule has 1 amide bonds. The van der Waals surface area contributed by atoms with Gasteiger partial charge in [-0.1, -0.05) is 30.2 Å². The molecule has 1 unspecified atom stereocenters. The summed E-state index contributed by atoms with van der Waals surface area (Å²) < 4.78 is 21.6. The van der Waals surface area contributed by atoms with Gasteiger partial charge in [-0.05, 0) is 69.0 Å². The van der Waals surface area contributed by atoms with Crippen LogP contribution in [0.15, 0.2) is 35.2 Å². The second kappa shape index (κ2) is 10.0. The number of rotatable bonds is 7. The number of hydrogen-bond donors (Lipinski definition) is 2. The van der Waals surface area contributed by atoms with Crippen LogP contribution < -0.4 is 14.8 Å². The molecule has 3 aromatic rings. The first-order chi connectivity index (χ1) is 15.9. The van der Waals surface area contributed by atoms with Crippen LogP contribution in [0.25, 0.3) is 10.4 Å². The molecule has 0 radical (unpaired) electrons. The van der Waals surface area contributed by atoms with Gasteiger partial charge in [-0.15, -0.1) is 0 Å². The van der Waals surface area contributed by atoms with E-state index >= 15 is 0 Å². The number of carbonyl (C=O) groups is 1. The molecule has 0 saturated heterocycles. The maximum atomic E-state index is 13.2.